The summed E-state index contributed by atoms with van der Waals surface area (Å²) in [6, 6.07) is 10.6. The molecule has 3 aromatic rings. The molecule has 0 aliphatic carbocycles. The molecule has 0 unspecified atom stereocenters. The molecule has 128 valence electrons. The molecular formula is C19H19FN4O. The number of nitrogens with zero attached hydrogens (tertiary/aromatic N) is 3. The van der Waals surface area contributed by atoms with Gasteiger partial charge in [0.1, 0.15) is 11.6 Å². The van der Waals surface area contributed by atoms with Gasteiger partial charge in [0.2, 0.25) is 0 Å². The van der Waals surface area contributed by atoms with E-state index in [1.807, 2.05) is 36.7 Å². The van der Waals surface area contributed by atoms with Crippen molar-refractivity contribution in [3.63, 3.8) is 0 Å². The highest BCUT2D eigenvalue weighted by Crippen LogP contribution is 2.26. The number of morpholine rings is 1. The van der Waals surface area contributed by atoms with Gasteiger partial charge in [0.05, 0.1) is 31.1 Å². The van der Waals surface area contributed by atoms with Gasteiger partial charge in [-0.1, -0.05) is 12.1 Å². The van der Waals surface area contributed by atoms with Crippen LogP contribution in [0.1, 0.15) is 17.4 Å². The Balaban J connectivity index is 1.55. The first-order valence-corrected chi connectivity index (χ1v) is 8.31. The van der Waals surface area contributed by atoms with Crippen LogP contribution in [0.25, 0.3) is 11.3 Å². The van der Waals surface area contributed by atoms with Gasteiger partial charge in [0.25, 0.3) is 0 Å². The first-order valence-electron chi connectivity index (χ1n) is 8.31. The van der Waals surface area contributed by atoms with Crippen molar-refractivity contribution < 1.29 is 9.13 Å². The lowest BCUT2D eigenvalue weighted by atomic mass is 10.1. The predicted octanol–water partition coefficient (Wildman–Crippen LogP) is 3.18. The average molecular weight is 338 g/mol. The Bertz CT molecular complexity index is 819. The minimum Gasteiger partial charge on any atom is -0.378 e. The zero-order chi connectivity index (χ0) is 17.1. The summed E-state index contributed by atoms with van der Waals surface area (Å²) in [7, 11) is 0. The molecule has 1 N–H and O–H groups in total. The number of benzene rings is 1. The van der Waals surface area contributed by atoms with E-state index in [0.29, 0.717) is 13.2 Å². The SMILES string of the molecule is Fc1ccc(CN2CCOC[C@H]2c2ncc(-c3cccnc3)[nH]2)cc1. The van der Waals surface area contributed by atoms with Crippen molar-refractivity contribution in [3.05, 3.63) is 72.2 Å². The molecule has 1 aromatic carbocycles. The van der Waals surface area contributed by atoms with Crippen LogP contribution >= 0.6 is 0 Å². The second kappa shape index (κ2) is 7.13. The third-order valence-electron chi connectivity index (χ3n) is 4.42. The second-order valence-electron chi connectivity index (χ2n) is 6.11. The lowest BCUT2D eigenvalue weighted by Gasteiger charge is -2.34. The maximum Gasteiger partial charge on any atom is 0.126 e. The number of pyridine rings is 1. The molecular weight excluding hydrogens is 319 g/mol. The Morgan fingerprint density at radius 1 is 1.20 bits per heavy atom. The van der Waals surface area contributed by atoms with Crippen molar-refractivity contribution in [2.75, 3.05) is 19.8 Å². The van der Waals surface area contributed by atoms with E-state index in [-0.39, 0.29) is 11.9 Å². The summed E-state index contributed by atoms with van der Waals surface area (Å²) in [6.07, 6.45) is 5.39. The number of halogens is 1. The maximum atomic E-state index is 13.1. The van der Waals surface area contributed by atoms with Crippen molar-refractivity contribution in [1.29, 1.82) is 0 Å². The number of imidazole rings is 1. The number of ether oxygens (including phenoxy) is 1. The normalized spacial score (nSPS) is 18.4. The van der Waals surface area contributed by atoms with Crippen LogP contribution in [-0.4, -0.2) is 39.6 Å². The Labute approximate surface area is 145 Å². The van der Waals surface area contributed by atoms with Gasteiger partial charge in [-0.25, -0.2) is 9.37 Å². The third-order valence-corrected chi connectivity index (χ3v) is 4.42. The molecule has 5 nitrogen and oxygen atoms in total. The minimum absolute atomic E-state index is 0.0456. The van der Waals surface area contributed by atoms with E-state index in [2.05, 4.69) is 19.9 Å². The van der Waals surface area contributed by atoms with E-state index >= 15 is 0 Å². The molecule has 25 heavy (non-hydrogen) atoms. The highest BCUT2D eigenvalue weighted by atomic mass is 19.1. The predicted molar refractivity (Wildman–Crippen MR) is 92.2 cm³/mol. The molecule has 0 spiro atoms. The lowest BCUT2D eigenvalue weighted by Crippen LogP contribution is -2.39. The van der Waals surface area contributed by atoms with E-state index in [1.54, 1.807) is 6.20 Å². The average Bonchev–Trinajstić information content (AvgIpc) is 3.15. The molecule has 0 amide bonds. The van der Waals surface area contributed by atoms with Gasteiger partial charge < -0.3 is 9.72 Å². The van der Waals surface area contributed by atoms with Crippen LogP contribution in [0.15, 0.2) is 55.0 Å². The summed E-state index contributed by atoms with van der Waals surface area (Å²) in [6.45, 7) is 2.82. The molecule has 6 heteroatoms. The van der Waals surface area contributed by atoms with E-state index in [9.17, 15) is 4.39 Å². The first kappa shape index (κ1) is 15.9. The molecule has 1 fully saturated rings. The van der Waals surface area contributed by atoms with Gasteiger partial charge in [0.15, 0.2) is 0 Å². The Morgan fingerprint density at radius 3 is 2.88 bits per heavy atom. The van der Waals surface area contributed by atoms with Crippen molar-refractivity contribution in [2.45, 2.75) is 12.6 Å². The summed E-state index contributed by atoms with van der Waals surface area (Å²) in [4.78, 5) is 14.4. The van der Waals surface area contributed by atoms with Gasteiger partial charge in [-0.2, -0.15) is 0 Å². The van der Waals surface area contributed by atoms with Crippen LogP contribution in [0.5, 0.6) is 0 Å². The number of nitrogens with one attached hydrogen (secondary N) is 1. The number of rotatable bonds is 4. The van der Waals surface area contributed by atoms with E-state index in [0.717, 1.165) is 35.7 Å². The van der Waals surface area contributed by atoms with Crippen molar-refractivity contribution in [1.82, 2.24) is 19.9 Å². The maximum absolute atomic E-state index is 13.1. The highest BCUT2D eigenvalue weighted by Gasteiger charge is 2.27. The molecule has 0 saturated carbocycles. The Morgan fingerprint density at radius 2 is 2.08 bits per heavy atom. The fourth-order valence-electron chi connectivity index (χ4n) is 3.08. The van der Waals surface area contributed by atoms with Gasteiger partial charge >= 0.3 is 0 Å². The molecule has 2 aromatic heterocycles. The molecule has 0 bridgehead atoms. The molecule has 4 rings (SSSR count). The minimum atomic E-state index is -0.213. The summed E-state index contributed by atoms with van der Waals surface area (Å²) in [5, 5.41) is 0. The van der Waals surface area contributed by atoms with Gasteiger partial charge in [-0.15, -0.1) is 0 Å². The van der Waals surface area contributed by atoms with Crippen molar-refractivity contribution in [3.8, 4) is 11.3 Å². The summed E-state index contributed by atoms with van der Waals surface area (Å²) >= 11 is 0. The van der Waals surface area contributed by atoms with Crippen molar-refractivity contribution in [2.24, 2.45) is 0 Å². The van der Waals surface area contributed by atoms with Crippen LogP contribution in [-0.2, 0) is 11.3 Å². The first-order chi connectivity index (χ1) is 12.3. The molecule has 3 heterocycles. The van der Waals surface area contributed by atoms with Gasteiger partial charge in [-0.05, 0) is 29.8 Å². The molecule has 1 saturated heterocycles. The number of aromatic nitrogens is 3. The van der Waals surface area contributed by atoms with E-state index in [1.165, 1.54) is 12.1 Å². The fraction of sp³-hybridized carbons (Fsp3) is 0.263. The Kier molecular flexibility index (Phi) is 4.54. The quantitative estimate of drug-likeness (QED) is 0.794. The van der Waals surface area contributed by atoms with E-state index < -0.39 is 0 Å². The lowest BCUT2D eigenvalue weighted by molar-refractivity contribution is -0.0156. The number of aromatic amines is 1. The zero-order valence-electron chi connectivity index (χ0n) is 13.7. The summed E-state index contributed by atoms with van der Waals surface area (Å²) in [5.74, 6) is 0.662. The molecule has 1 atom stereocenters. The van der Waals surface area contributed by atoms with E-state index in [4.69, 9.17) is 4.74 Å². The third kappa shape index (κ3) is 3.60. The summed E-state index contributed by atoms with van der Waals surface area (Å²) in [5.41, 5.74) is 3.02. The monoisotopic (exact) mass is 338 g/mol. The second-order valence-corrected chi connectivity index (χ2v) is 6.11. The number of hydrogen-bond acceptors (Lipinski definition) is 4. The summed E-state index contributed by atoms with van der Waals surface area (Å²) < 4.78 is 18.8. The molecule has 1 aliphatic heterocycles. The zero-order valence-corrected chi connectivity index (χ0v) is 13.7. The number of hydrogen-bond donors (Lipinski definition) is 1. The van der Waals surface area contributed by atoms with Crippen molar-refractivity contribution >= 4 is 0 Å². The Hall–Kier alpha value is -2.57. The van der Waals surface area contributed by atoms with Crippen LogP contribution < -0.4 is 0 Å². The van der Waals surface area contributed by atoms with Crippen LogP contribution in [0.4, 0.5) is 4.39 Å². The van der Waals surface area contributed by atoms with Crippen LogP contribution in [0.3, 0.4) is 0 Å². The standard InChI is InChI=1S/C19H19FN4O/c20-16-5-3-14(4-6-16)12-24-8-9-25-13-18(24)19-22-11-17(23-19)15-2-1-7-21-10-15/h1-7,10-11,18H,8-9,12-13H2,(H,22,23)/t18-/m0/s1. The fourth-order valence-corrected chi connectivity index (χ4v) is 3.08. The van der Waals surface area contributed by atoms with Gasteiger partial charge in [0, 0.05) is 31.0 Å². The molecule has 1 aliphatic rings. The largest absolute Gasteiger partial charge is 0.378 e. The van der Waals surface area contributed by atoms with Crippen LogP contribution in [0, 0.1) is 5.82 Å². The van der Waals surface area contributed by atoms with Crippen LogP contribution in [0.2, 0.25) is 0 Å². The smallest absolute Gasteiger partial charge is 0.126 e. The topological polar surface area (TPSA) is 54.0 Å². The number of H-pyrrole nitrogens is 1. The van der Waals surface area contributed by atoms with Gasteiger partial charge in [-0.3, -0.25) is 9.88 Å². The highest BCUT2D eigenvalue weighted by molar-refractivity contribution is 5.56. The molecule has 0 radical (unpaired) electrons.